The van der Waals surface area contributed by atoms with Crippen LogP contribution < -0.4 is 10.1 Å². The molecule has 1 amide bonds. The van der Waals surface area contributed by atoms with Crippen molar-refractivity contribution in [2.24, 2.45) is 5.92 Å². The van der Waals surface area contributed by atoms with Gasteiger partial charge in [0.05, 0.1) is 12.7 Å². The van der Waals surface area contributed by atoms with Crippen LogP contribution in [0, 0.1) is 11.7 Å². The summed E-state index contributed by atoms with van der Waals surface area (Å²) in [4.78, 5) is 23.4. The fourth-order valence-electron chi connectivity index (χ4n) is 2.69. The van der Waals surface area contributed by atoms with Gasteiger partial charge >= 0.3 is 5.97 Å². The molecule has 0 saturated heterocycles. The van der Waals surface area contributed by atoms with Crippen LogP contribution >= 0.6 is 0 Å². The molecule has 0 aliphatic heterocycles. The minimum Gasteiger partial charge on any atom is -0.497 e. The first kappa shape index (κ1) is 17.0. The van der Waals surface area contributed by atoms with Gasteiger partial charge < -0.3 is 15.2 Å². The fourth-order valence-corrected chi connectivity index (χ4v) is 2.69. The highest BCUT2D eigenvalue weighted by Crippen LogP contribution is 2.33. The maximum atomic E-state index is 14.4. The van der Waals surface area contributed by atoms with E-state index >= 15 is 0 Å². The molecule has 1 fully saturated rings. The zero-order valence-electron chi connectivity index (χ0n) is 13.7. The molecule has 2 aromatic carbocycles. The maximum absolute atomic E-state index is 14.4. The van der Waals surface area contributed by atoms with Crippen LogP contribution in [0.15, 0.2) is 42.5 Å². The summed E-state index contributed by atoms with van der Waals surface area (Å²) in [6, 6.07) is 10.4. The van der Waals surface area contributed by atoms with Gasteiger partial charge in [-0.05, 0) is 54.2 Å². The Hall–Kier alpha value is -2.89. The number of nitrogens with one attached hydrogen (secondary N) is 1. The van der Waals surface area contributed by atoms with E-state index in [1.54, 1.807) is 37.4 Å². The number of aliphatic carboxylic acids is 1. The number of amides is 1. The zero-order chi connectivity index (χ0) is 18.0. The lowest BCUT2D eigenvalue weighted by Crippen LogP contribution is -2.42. The van der Waals surface area contributed by atoms with Crippen LogP contribution in [0.2, 0.25) is 0 Å². The molecular weight excluding hydrogens is 325 g/mol. The lowest BCUT2D eigenvalue weighted by molar-refractivity contribution is -0.139. The molecule has 1 saturated carbocycles. The molecule has 1 unspecified atom stereocenters. The SMILES string of the molecule is COc1ccc(-c2ccc(C(=O)NC(C(=O)O)C3CC3)c(F)c2)cc1. The van der Waals surface area contributed by atoms with Gasteiger partial charge in [0, 0.05) is 0 Å². The molecule has 2 aromatic rings. The van der Waals surface area contributed by atoms with E-state index in [0.29, 0.717) is 11.3 Å². The Morgan fingerprint density at radius 2 is 1.80 bits per heavy atom. The van der Waals surface area contributed by atoms with Crippen LogP contribution in [0.4, 0.5) is 4.39 Å². The number of rotatable bonds is 6. The van der Waals surface area contributed by atoms with Gasteiger partial charge in [-0.25, -0.2) is 9.18 Å². The third-order valence-corrected chi connectivity index (χ3v) is 4.28. The molecular formula is C19H18FNO4. The highest BCUT2D eigenvalue weighted by molar-refractivity contribution is 5.97. The molecule has 1 aliphatic rings. The second-order valence-electron chi connectivity index (χ2n) is 6.05. The molecule has 0 heterocycles. The van der Waals surface area contributed by atoms with E-state index in [1.807, 2.05) is 0 Å². The van der Waals surface area contributed by atoms with E-state index in [2.05, 4.69) is 5.32 Å². The first-order valence-corrected chi connectivity index (χ1v) is 7.97. The number of carboxylic acids is 1. The summed E-state index contributed by atoms with van der Waals surface area (Å²) in [7, 11) is 1.56. The van der Waals surface area contributed by atoms with Crippen molar-refractivity contribution in [2.75, 3.05) is 7.11 Å². The summed E-state index contributed by atoms with van der Waals surface area (Å²) >= 11 is 0. The van der Waals surface area contributed by atoms with Crippen molar-refractivity contribution in [1.82, 2.24) is 5.32 Å². The standard InChI is InChI=1S/C19H18FNO4/c1-25-14-7-4-11(5-8-14)13-6-9-15(16(20)10-13)18(22)21-17(19(23)24)12-2-3-12/h4-10,12,17H,2-3H2,1H3,(H,21,22)(H,23,24). The smallest absolute Gasteiger partial charge is 0.326 e. The summed E-state index contributed by atoms with van der Waals surface area (Å²) in [6.07, 6.45) is 1.52. The van der Waals surface area contributed by atoms with Crippen LogP contribution in [0.25, 0.3) is 11.1 Å². The van der Waals surface area contributed by atoms with Crippen LogP contribution in [0.1, 0.15) is 23.2 Å². The lowest BCUT2D eigenvalue weighted by atomic mass is 10.0. The van der Waals surface area contributed by atoms with Crippen molar-refractivity contribution in [3.63, 3.8) is 0 Å². The first-order valence-electron chi connectivity index (χ1n) is 7.97. The van der Waals surface area contributed by atoms with Gasteiger partial charge in [-0.3, -0.25) is 4.79 Å². The number of halogens is 1. The number of carboxylic acid groups (broad SMARTS) is 1. The van der Waals surface area contributed by atoms with Crippen molar-refractivity contribution < 1.29 is 23.8 Å². The van der Waals surface area contributed by atoms with E-state index in [9.17, 15) is 14.0 Å². The number of carbonyl (C=O) groups is 2. The molecule has 2 N–H and O–H groups in total. The molecule has 5 nitrogen and oxygen atoms in total. The van der Waals surface area contributed by atoms with Crippen LogP contribution in [-0.2, 0) is 4.79 Å². The molecule has 1 atom stereocenters. The Bertz CT molecular complexity index is 800. The molecule has 0 aromatic heterocycles. The van der Waals surface area contributed by atoms with Crippen LogP contribution in [0.3, 0.4) is 0 Å². The quantitative estimate of drug-likeness (QED) is 0.845. The van der Waals surface area contributed by atoms with Crippen molar-refractivity contribution in [2.45, 2.75) is 18.9 Å². The monoisotopic (exact) mass is 343 g/mol. The van der Waals surface area contributed by atoms with E-state index in [-0.39, 0.29) is 11.5 Å². The molecule has 130 valence electrons. The minimum absolute atomic E-state index is 0.0666. The Kier molecular flexibility index (Phi) is 4.70. The second kappa shape index (κ2) is 6.93. The lowest BCUT2D eigenvalue weighted by Gasteiger charge is -2.14. The highest BCUT2D eigenvalue weighted by Gasteiger charge is 2.37. The summed E-state index contributed by atoms with van der Waals surface area (Å²) in [6.45, 7) is 0. The van der Waals surface area contributed by atoms with E-state index in [0.717, 1.165) is 18.4 Å². The average molecular weight is 343 g/mol. The maximum Gasteiger partial charge on any atom is 0.326 e. The molecule has 0 bridgehead atoms. The molecule has 25 heavy (non-hydrogen) atoms. The first-order chi connectivity index (χ1) is 12.0. The van der Waals surface area contributed by atoms with Gasteiger partial charge in [-0.1, -0.05) is 18.2 Å². The summed E-state index contributed by atoms with van der Waals surface area (Å²) in [5.41, 5.74) is 1.24. The van der Waals surface area contributed by atoms with Gasteiger partial charge in [0.15, 0.2) is 0 Å². The molecule has 0 radical (unpaired) electrons. The third kappa shape index (κ3) is 3.79. The third-order valence-electron chi connectivity index (χ3n) is 4.28. The van der Waals surface area contributed by atoms with Crippen LogP contribution in [-0.4, -0.2) is 30.1 Å². The molecule has 0 spiro atoms. The predicted octanol–water partition coefficient (Wildman–Crippen LogP) is 3.09. The number of benzene rings is 2. The highest BCUT2D eigenvalue weighted by atomic mass is 19.1. The van der Waals surface area contributed by atoms with Gasteiger partial charge in [0.2, 0.25) is 0 Å². The Morgan fingerprint density at radius 3 is 2.32 bits per heavy atom. The number of ether oxygens (including phenoxy) is 1. The van der Waals surface area contributed by atoms with E-state index in [1.165, 1.54) is 12.1 Å². The number of hydrogen-bond donors (Lipinski definition) is 2. The molecule has 6 heteroatoms. The fraction of sp³-hybridized carbons (Fsp3) is 0.263. The Balaban J connectivity index is 1.78. The molecule has 3 rings (SSSR count). The van der Waals surface area contributed by atoms with E-state index in [4.69, 9.17) is 9.84 Å². The van der Waals surface area contributed by atoms with Crippen molar-refractivity contribution >= 4 is 11.9 Å². The molecule has 1 aliphatic carbocycles. The summed E-state index contributed by atoms with van der Waals surface area (Å²) < 4.78 is 19.5. The Labute approximate surface area is 144 Å². The van der Waals surface area contributed by atoms with Gasteiger partial charge in [0.25, 0.3) is 5.91 Å². The largest absolute Gasteiger partial charge is 0.497 e. The topological polar surface area (TPSA) is 75.6 Å². The van der Waals surface area contributed by atoms with Crippen LogP contribution in [0.5, 0.6) is 5.75 Å². The number of hydrogen-bond acceptors (Lipinski definition) is 3. The van der Waals surface area contributed by atoms with Crippen molar-refractivity contribution in [1.29, 1.82) is 0 Å². The Morgan fingerprint density at radius 1 is 1.16 bits per heavy atom. The number of methoxy groups -OCH3 is 1. The average Bonchev–Trinajstić information content (AvgIpc) is 3.44. The van der Waals surface area contributed by atoms with Crippen molar-refractivity contribution in [3.8, 4) is 16.9 Å². The van der Waals surface area contributed by atoms with Crippen molar-refractivity contribution in [3.05, 3.63) is 53.8 Å². The number of carbonyl (C=O) groups excluding carboxylic acids is 1. The normalized spacial score (nSPS) is 14.6. The van der Waals surface area contributed by atoms with E-state index < -0.39 is 23.7 Å². The summed E-state index contributed by atoms with van der Waals surface area (Å²) in [5.74, 6) is -1.86. The summed E-state index contributed by atoms with van der Waals surface area (Å²) in [5, 5.41) is 11.6. The van der Waals surface area contributed by atoms with Gasteiger partial charge in [-0.15, -0.1) is 0 Å². The van der Waals surface area contributed by atoms with Gasteiger partial charge in [0.1, 0.15) is 17.6 Å². The predicted molar refractivity (Wildman–Crippen MR) is 90.0 cm³/mol. The zero-order valence-corrected chi connectivity index (χ0v) is 13.7. The second-order valence-corrected chi connectivity index (χ2v) is 6.05. The van der Waals surface area contributed by atoms with Gasteiger partial charge in [-0.2, -0.15) is 0 Å². The minimum atomic E-state index is -1.09.